The van der Waals surface area contributed by atoms with Crippen LogP contribution < -0.4 is 4.31 Å². The fraction of sp³-hybridized carbons (Fsp3) is 0.222. The van der Waals surface area contributed by atoms with E-state index in [4.69, 9.17) is 0 Å². The van der Waals surface area contributed by atoms with E-state index in [0.717, 1.165) is 5.56 Å². The van der Waals surface area contributed by atoms with Crippen LogP contribution in [0.1, 0.15) is 25.3 Å². The molecule has 0 saturated carbocycles. The van der Waals surface area contributed by atoms with Gasteiger partial charge in [-0.1, -0.05) is 32.1 Å². The van der Waals surface area contributed by atoms with Crippen LogP contribution in [-0.2, 0) is 10.0 Å². The third-order valence-corrected chi connectivity index (χ3v) is 5.59. The van der Waals surface area contributed by atoms with Crippen LogP contribution in [0.15, 0.2) is 66.1 Å². The lowest BCUT2D eigenvalue weighted by Gasteiger charge is -2.23. The molecule has 0 bridgehead atoms. The third kappa shape index (κ3) is 4.06. The van der Waals surface area contributed by atoms with Crippen molar-refractivity contribution in [2.75, 3.05) is 10.8 Å². The molecule has 0 atom stereocenters. The summed E-state index contributed by atoms with van der Waals surface area (Å²) in [5, 5.41) is 10.7. The van der Waals surface area contributed by atoms with E-state index < -0.39 is 14.9 Å². The van der Waals surface area contributed by atoms with Gasteiger partial charge in [0.1, 0.15) is 0 Å². The quantitative estimate of drug-likeness (QED) is 0.423. The molecule has 0 radical (unpaired) electrons. The summed E-state index contributed by atoms with van der Waals surface area (Å²) in [7, 11) is -3.85. The zero-order valence-corrected chi connectivity index (χ0v) is 14.9. The van der Waals surface area contributed by atoms with Gasteiger partial charge in [0.15, 0.2) is 0 Å². The van der Waals surface area contributed by atoms with Gasteiger partial charge in [0, 0.05) is 12.1 Å². The highest BCUT2D eigenvalue weighted by atomic mass is 32.2. The van der Waals surface area contributed by atoms with Crippen molar-refractivity contribution < 1.29 is 13.3 Å². The van der Waals surface area contributed by atoms with Crippen LogP contribution in [0, 0.1) is 10.1 Å². The molecule has 25 heavy (non-hydrogen) atoms. The van der Waals surface area contributed by atoms with E-state index in [1.54, 1.807) is 12.1 Å². The van der Waals surface area contributed by atoms with Crippen LogP contribution in [0.25, 0.3) is 0 Å². The summed E-state index contributed by atoms with van der Waals surface area (Å²) < 4.78 is 27.1. The van der Waals surface area contributed by atoms with E-state index in [1.807, 2.05) is 12.1 Å². The first-order valence-corrected chi connectivity index (χ1v) is 9.19. The van der Waals surface area contributed by atoms with Crippen molar-refractivity contribution in [2.45, 2.75) is 24.7 Å². The number of anilines is 1. The van der Waals surface area contributed by atoms with Crippen molar-refractivity contribution in [3.8, 4) is 0 Å². The minimum absolute atomic E-state index is 0.00659. The van der Waals surface area contributed by atoms with Gasteiger partial charge in [0.2, 0.25) is 0 Å². The smallest absolute Gasteiger partial charge is 0.263 e. The van der Waals surface area contributed by atoms with Gasteiger partial charge in [-0.05, 0) is 35.7 Å². The second kappa shape index (κ2) is 7.48. The Morgan fingerprint density at radius 3 is 2.12 bits per heavy atom. The Balaban J connectivity index is 2.43. The zero-order chi connectivity index (χ0) is 18.6. The Kier molecular flexibility index (Phi) is 5.58. The Hall–Kier alpha value is -2.67. The summed E-state index contributed by atoms with van der Waals surface area (Å²) in [6.07, 6.45) is 1.50. The number of nitrogens with zero attached hydrogens (tertiary/aromatic N) is 2. The van der Waals surface area contributed by atoms with Crippen LogP contribution in [0.4, 0.5) is 11.4 Å². The lowest BCUT2D eigenvalue weighted by Crippen LogP contribution is -2.31. The number of nitro benzene ring substituents is 1. The molecule has 0 unspecified atom stereocenters. The first-order valence-electron chi connectivity index (χ1n) is 7.75. The molecule has 7 heteroatoms. The summed E-state index contributed by atoms with van der Waals surface area (Å²) in [5.41, 5.74) is 1.47. The van der Waals surface area contributed by atoms with Crippen molar-refractivity contribution in [1.29, 1.82) is 0 Å². The van der Waals surface area contributed by atoms with Crippen molar-refractivity contribution in [2.24, 2.45) is 0 Å². The lowest BCUT2D eigenvalue weighted by molar-refractivity contribution is -0.384. The van der Waals surface area contributed by atoms with Gasteiger partial charge >= 0.3 is 0 Å². The highest BCUT2D eigenvalue weighted by Crippen LogP contribution is 2.26. The molecule has 0 fully saturated rings. The maximum atomic E-state index is 12.9. The number of benzene rings is 2. The highest BCUT2D eigenvalue weighted by Gasteiger charge is 2.24. The number of nitro groups is 1. The summed E-state index contributed by atoms with van der Waals surface area (Å²) >= 11 is 0. The molecule has 0 saturated heterocycles. The Labute approximate surface area is 147 Å². The standard InChI is InChI=1S/C18H20N2O4S/c1-4-13-19(16-7-5-15(6-8-16)14(2)3)25(23,24)18-11-9-17(10-12-18)20(21)22/h4-12,14H,1,13H2,2-3H3. The van der Waals surface area contributed by atoms with E-state index in [-0.39, 0.29) is 17.1 Å². The fourth-order valence-electron chi connectivity index (χ4n) is 2.35. The molecule has 0 spiro atoms. The van der Waals surface area contributed by atoms with E-state index in [2.05, 4.69) is 20.4 Å². The molecule has 2 rings (SSSR count). The summed E-state index contributed by atoms with van der Waals surface area (Å²) in [4.78, 5) is 10.2. The van der Waals surface area contributed by atoms with E-state index in [9.17, 15) is 18.5 Å². The van der Waals surface area contributed by atoms with Crippen LogP contribution in [0.5, 0.6) is 0 Å². The maximum absolute atomic E-state index is 12.9. The summed E-state index contributed by atoms with van der Waals surface area (Å²) in [6, 6.07) is 12.1. The Bertz CT molecular complexity index is 857. The molecule has 2 aromatic rings. The average molecular weight is 360 g/mol. The van der Waals surface area contributed by atoms with E-state index >= 15 is 0 Å². The van der Waals surface area contributed by atoms with Gasteiger partial charge in [0.25, 0.3) is 15.7 Å². The molecule has 0 aliphatic carbocycles. The second-order valence-corrected chi connectivity index (χ2v) is 7.68. The van der Waals surface area contributed by atoms with Crippen molar-refractivity contribution in [1.82, 2.24) is 0 Å². The highest BCUT2D eigenvalue weighted by molar-refractivity contribution is 7.92. The Morgan fingerprint density at radius 1 is 1.12 bits per heavy atom. The predicted octanol–water partition coefficient (Wildman–Crippen LogP) is 4.10. The van der Waals surface area contributed by atoms with Crippen LogP contribution in [-0.4, -0.2) is 19.9 Å². The minimum Gasteiger partial charge on any atom is -0.263 e. The molecule has 6 nitrogen and oxygen atoms in total. The SMILES string of the molecule is C=CCN(c1ccc(C(C)C)cc1)S(=O)(=O)c1ccc([N+](=O)[O-])cc1. The molecular weight excluding hydrogens is 340 g/mol. The van der Waals surface area contributed by atoms with Gasteiger partial charge in [-0.15, -0.1) is 6.58 Å². The molecular formula is C18H20N2O4S. The van der Waals surface area contributed by atoms with E-state index in [0.29, 0.717) is 11.6 Å². The molecule has 0 aliphatic heterocycles. The molecule has 0 amide bonds. The third-order valence-electron chi connectivity index (χ3n) is 3.78. The monoisotopic (exact) mass is 360 g/mol. The minimum atomic E-state index is -3.85. The van der Waals surface area contributed by atoms with Crippen LogP contribution in [0.2, 0.25) is 0 Å². The summed E-state index contributed by atoms with van der Waals surface area (Å²) in [6.45, 7) is 7.84. The molecule has 0 aliphatic rings. The number of rotatable bonds is 7. The fourth-order valence-corrected chi connectivity index (χ4v) is 3.79. The molecule has 132 valence electrons. The van der Waals surface area contributed by atoms with Gasteiger partial charge in [0.05, 0.1) is 22.1 Å². The Morgan fingerprint density at radius 2 is 1.68 bits per heavy atom. The normalized spacial score (nSPS) is 11.3. The first-order chi connectivity index (χ1) is 11.8. The largest absolute Gasteiger partial charge is 0.269 e. The average Bonchev–Trinajstić information content (AvgIpc) is 2.59. The van der Waals surface area contributed by atoms with Crippen LogP contribution in [0.3, 0.4) is 0 Å². The van der Waals surface area contributed by atoms with Gasteiger partial charge in [-0.2, -0.15) is 0 Å². The van der Waals surface area contributed by atoms with Gasteiger partial charge in [-0.25, -0.2) is 8.42 Å². The number of non-ortho nitro benzene ring substituents is 1. The molecule has 0 heterocycles. The van der Waals surface area contributed by atoms with Crippen molar-refractivity contribution >= 4 is 21.4 Å². The maximum Gasteiger partial charge on any atom is 0.269 e. The summed E-state index contributed by atoms with van der Waals surface area (Å²) in [5.74, 6) is 0.341. The number of hydrogen-bond donors (Lipinski definition) is 0. The predicted molar refractivity (Wildman–Crippen MR) is 98.4 cm³/mol. The molecule has 0 N–H and O–H groups in total. The van der Waals surface area contributed by atoms with E-state index in [1.165, 1.54) is 34.6 Å². The second-order valence-electron chi connectivity index (χ2n) is 5.82. The first kappa shape index (κ1) is 18.7. The van der Waals surface area contributed by atoms with Gasteiger partial charge in [-0.3, -0.25) is 14.4 Å². The van der Waals surface area contributed by atoms with Gasteiger partial charge < -0.3 is 0 Å². The topological polar surface area (TPSA) is 80.5 Å². The lowest BCUT2D eigenvalue weighted by atomic mass is 10.0. The zero-order valence-electron chi connectivity index (χ0n) is 14.1. The molecule has 0 aromatic heterocycles. The number of hydrogen-bond acceptors (Lipinski definition) is 4. The van der Waals surface area contributed by atoms with Crippen LogP contribution >= 0.6 is 0 Å². The number of sulfonamides is 1. The van der Waals surface area contributed by atoms with Crippen molar-refractivity contribution in [3.63, 3.8) is 0 Å². The van der Waals surface area contributed by atoms with Crippen molar-refractivity contribution in [3.05, 3.63) is 76.9 Å². The molecule has 2 aromatic carbocycles.